The number of hydrogen-bond acceptors (Lipinski definition) is 4. The van der Waals surface area contributed by atoms with E-state index in [1.54, 1.807) is 18.7 Å². The van der Waals surface area contributed by atoms with E-state index in [1.807, 2.05) is 18.2 Å². The standard InChI is InChI=1S/C17H19BrN4O2/c1-4-7-24-13-6-5-11(9-18)8-12(13)15-19-16-14(17(23)20-15)10(2)21-22(16)3/h5-6,8H,4,7,9H2,1-3H3,(H,19,20,23). The average Bonchev–Trinajstić information content (AvgIpc) is 2.87. The van der Waals surface area contributed by atoms with Gasteiger partial charge in [-0.05, 0) is 31.0 Å². The number of hydrogen-bond donors (Lipinski definition) is 1. The molecule has 0 aliphatic rings. The van der Waals surface area contributed by atoms with Crippen molar-refractivity contribution in [3.63, 3.8) is 0 Å². The number of aromatic amines is 1. The van der Waals surface area contributed by atoms with Gasteiger partial charge in [-0.15, -0.1) is 0 Å². The number of fused-ring (bicyclic) bond motifs is 1. The molecule has 0 spiro atoms. The fourth-order valence-electron chi connectivity index (χ4n) is 2.65. The topological polar surface area (TPSA) is 72.8 Å². The highest BCUT2D eigenvalue weighted by atomic mass is 79.9. The fourth-order valence-corrected chi connectivity index (χ4v) is 3.00. The molecule has 1 aromatic carbocycles. The quantitative estimate of drug-likeness (QED) is 0.678. The second kappa shape index (κ2) is 6.76. The summed E-state index contributed by atoms with van der Waals surface area (Å²) in [5.41, 5.74) is 2.91. The summed E-state index contributed by atoms with van der Waals surface area (Å²) in [6, 6.07) is 5.89. The first-order valence-corrected chi connectivity index (χ1v) is 8.93. The number of ether oxygens (including phenoxy) is 1. The first kappa shape index (κ1) is 16.7. The fraction of sp³-hybridized carbons (Fsp3) is 0.353. The van der Waals surface area contributed by atoms with Gasteiger partial charge in [-0.25, -0.2) is 9.67 Å². The van der Waals surface area contributed by atoms with Gasteiger partial charge in [-0.1, -0.05) is 28.9 Å². The average molecular weight is 391 g/mol. The summed E-state index contributed by atoms with van der Waals surface area (Å²) in [5, 5.41) is 5.52. The molecule has 1 N–H and O–H groups in total. The van der Waals surface area contributed by atoms with Gasteiger partial charge in [-0.3, -0.25) is 4.79 Å². The van der Waals surface area contributed by atoms with Crippen LogP contribution in [0.2, 0.25) is 0 Å². The Labute approximate surface area is 148 Å². The van der Waals surface area contributed by atoms with Crippen molar-refractivity contribution in [1.82, 2.24) is 19.7 Å². The van der Waals surface area contributed by atoms with Crippen LogP contribution < -0.4 is 10.3 Å². The predicted molar refractivity (Wildman–Crippen MR) is 97.7 cm³/mol. The molecule has 0 bridgehead atoms. The van der Waals surface area contributed by atoms with Gasteiger partial charge >= 0.3 is 0 Å². The molecule has 2 heterocycles. The molecule has 3 rings (SSSR count). The summed E-state index contributed by atoms with van der Waals surface area (Å²) in [6.07, 6.45) is 0.906. The van der Waals surface area contributed by atoms with Crippen LogP contribution in [0.3, 0.4) is 0 Å². The Morgan fingerprint density at radius 3 is 2.88 bits per heavy atom. The Morgan fingerprint density at radius 2 is 2.17 bits per heavy atom. The van der Waals surface area contributed by atoms with Crippen molar-refractivity contribution in [2.24, 2.45) is 7.05 Å². The summed E-state index contributed by atoms with van der Waals surface area (Å²) < 4.78 is 7.46. The molecule has 0 saturated carbocycles. The Kier molecular flexibility index (Phi) is 4.71. The molecule has 3 aromatic rings. The van der Waals surface area contributed by atoms with Crippen molar-refractivity contribution in [2.45, 2.75) is 25.6 Å². The SMILES string of the molecule is CCCOc1ccc(CBr)cc1-c1nc2c(c(C)nn2C)c(=O)[nH]1. The molecule has 7 heteroatoms. The highest BCUT2D eigenvalue weighted by Gasteiger charge is 2.16. The Morgan fingerprint density at radius 1 is 1.38 bits per heavy atom. The zero-order chi connectivity index (χ0) is 17.3. The zero-order valence-electron chi connectivity index (χ0n) is 13.9. The molecule has 0 aliphatic heterocycles. The van der Waals surface area contributed by atoms with E-state index in [2.05, 4.69) is 37.9 Å². The van der Waals surface area contributed by atoms with E-state index in [0.29, 0.717) is 40.2 Å². The molecule has 0 saturated heterocycles. The second-order valence-electron chi connectivity index (χ2n) is 5.63. The number of nitrogens with zero attached hydrogens (tertiary/aromatic N) is 3. The van der Waals surface area contributed by atoms with Crippen molar-refractivity contribution in [3.05, 3.63) is 39.8 Å². The Hall–Kier alpha value is -2.15. The maximum atomic E-state index is 12.5. The van der Waals surface area contributed by atoms with E-state index in [-0.39, 0.29) is 5.56 Å². The van der Waals surface area contributed by atoms with Gasteiger partial charge in [0.2, 0.25) is 0 Å². The Balaban J connectivity index is 2.22. The van der Waals surface area contributed by atoms with Gasteiger partial charge in [-0.2, -0.15) is 5.10 Å². The minimum absolute atomic E-state index is 0.189. The molecule has 0 amide bonds. The van der Waals surface area contributed by atoms with Crippen LogP contribution in [0.15, 0.2) is 23.0 Å². The lowest BCUT2D eigenvalue weighted by atomic mass is 10.1. The van der Waals surface area contributed by atoms with Crippen LogP contribution in [0.1, 0.15) is 24.6 Å². The molecule has 0 atom stereocenters. The number of aromatic nitrogens is 4. The van der Waals surface area contributed by atoms with Gasteiger partial charge in [0.05, 0.1) is 17.9 Å². The minimum atomic E-state index is -0.189. The molecular formula is C17H19BrN4O2. The number of halogens is 1. The van der Waals surface area contributed by atoms with Gasteiger partial charge in [0.25, 0.3) is 5.56 Å². The zero-order valence-corrected chi connectivity index (χ0v) is 15.5. The normalized spacial score (nSPS) is 11.2. The van der Waals surface area contributed by atoms with E-state index >= 15 is 0 Å². The van der Waals surface area contributed by atoms with Crippen LogP contribution in [0.5, 0.6) is 5.75 Å². The Bertz CT molecular complexity index is 946. The maximum Gasteiger partial charge on any atom is 0.262 e. The van der Waals surface area contributed by atoms with Gasteiger partial charge in [0.15, 0.2) is 5.65 Å². The van der Waals surface area contributed by atoms with Crippen LogP contribution in [0.4, 0.5) is 0 Å². The third-order valence-electron chi connectivity index (χ3n) is 3.78. The smallest absolute Gasteiger partial charge is 0.262 e. The molecule has 6 nitrogen and oxygen atoms in total. The molecule has 2 aromatic heterocycles. The first-order valence-electron chi connectivity index (χ1n) is 7.80. The highest BCUT2D eigenvalue weighted by Crippen LogP contribution is 2.30. The molecule has 0 unspecified atom stereocenters. The van der Waals surface area contributed by atoms with Crippen LogP contribution in [0.25, 0.3) is 22.4 Å². The van der Waals surface area contributed by atoms with Crippen molar-refractivity contribution in [1.29, 1.82) is 0 Å². The number of nitrogens with one attached hydrogen (secondary N) is 1. The number of alkyl halides is 1. The van der Waals surface area contributed by atoms with E-state index in [0.717, 1.165) is 17.5 Å². The number of benzene rings is 1. The third-order valence-corrected chi connectivity index (χ3v) is 4.43. The lowest BCUT2D eigenvalue weighted by molar-refractivity contribution is 0.318. The highest BCUT2D eigenvalue weighted by molar-refractivity contribution is 9.08. The molecule has 24 heavy (non-hydrogen) atoms. The molecule has 0 fully saturated rings. The van der Waals surface area contributed by atoms with Crippen molar-refractivity contribution < 1.29 is 4.74 Å². The van der Waals surface area contributed by atoms with Crippen LogP contribution in [-0.2, 0) is 12.4 Å². The van der Waals surface area contributed by atoms with Crippen molar-refractivity contribution >= 4 is 27.0 Å². The van der Waals surface area contributed by atoms with E-state index in [1.165, 1.54) is 0 Å². The van der Waals surface area contributed by atoms with Gasteiger partial charge in [0, 0.05) is 12.4 Å². The number of rotatable bonds is 5. The number of H-pyrrole nitrogens is 1. The van der Waals surface area contributed by atoms with Gasteiger partial charge < -0.3 is 9.72 Å². The van der Waals surface area contributed by atoms with E-state index in [4.69, 9.17) is 4.74 Å². The first-order chi connectivity index (χ1) is 11.5. The summed E-state index contributed by atoms with van der Waals surface area (Å²) >= 11 is 3.46. The summed E-state index contributed by atoms with van der Waals surface area (Å²) in [6.45, 7) is 4.47. The lowest BCUT2D eigenvalue weighted by Crippen LogP contribution is -2.11. The van der Waals surface area contributed by atoms with Gasteiger partial charge in [0.1, 0.15) is 17.0 Å². The number of aryl methyl sites for hydroxylation is 2. The maximum absolute atomic E-state index is 12.5. The van der Waals surface area contributed by atoms with E-state index < -0.39 is 0 Å². The van der Waals surface area contributed by atoms with Crippen molar-refractivity contribution in [3.8, 4) is 17.1 Å². The van der Waals surface area contributed by atoms with Crippen LogP contribution in [-0.4, -0.2) is 26.4 Å². The second-order valence-corrected chi connectivity index (χ2v) is 6.20. The lowest BCUT2D eigenvalue weighted by Gasteiger charge is -2.12. The van der Waals surface area contributed by atoms with Crippen LogP contribution in [0, 0.1) is 6.92 Å². The van der Waals surface area contributed by atoms with Crippen molar-refractivity contribution in [2.75, 3.05) is 6.61 Å². The summed E-state index contributed by atoms with van der Waals surface area (Å²) in [5.74, 6) is 1.20. The van der Waals surface area contributed by atoms with Crippen LogP contribution >= 0.6 is 15.9 Å². The largest absolute Gasteiger partial charge is 0.493 e. The molecular weight excluding hydrogens is 372 g/mol. The third kappa shape index (κ3) is 2.96. The predicted octanol–water partition coefficient (Wildman–Crippen LogP) is 3.32. The molecule has 0 aliphatic carbocycles. The summed E-state index contributed by atoms with van der Waals surface area (Å²) in [4.78, 5) is 20.0. The molecule has 0 radical (unpaired) electrons. The molecule has 126 valence electrons. The van der Waals surface area contributed by atoms with E-state index in [9.17, 15) is 4.79 Å². The minimum Gasteiger partial charge on any atom is -0.493 e. The summed E-state index contributed by atoms with van der Waals surface area (Å²) in [7, 11) is 1.79. The monoisotopic (exact) mass is 390 g/mol.